The van der Waals surface area contributed by atoms with Gasteiger partial charge >= 0.3 is 6.18 Å². The highest BCUT2D eigenvalue weighted by atomic mass is 19.4. The molecule has 1 aliphatic heterocycles. The van der Waals surface area contributed by atoms with E-state index in [1.807, 2.05) is 13.8 Å². The van der Waals surface area contributed by atoms with Crippen LogP contribution in [0.5, 0.6) is 0 Å². The Morgan fingerprint density at radius 3 is 1.77 bits per heavy atom. The molecule has 5 heteroatoms. The third-order valence-corrected chi connectivity index (χ3v) is 1.54. The molecule has 1 rings (SSSR count). The zero-order chi connectivity index (χ0) is 10.9. The Bertz CT molecular complexity index is 196. The predicted molar refractivity (Wildman–Crippen MR) is 41.4 cm³/mol. The quantitative estimate of drug-likeness (QED) is 0.597. The summed E-state index contributed by atoms with van der Waals surface area (Å²) in [6.45, 7) is 6.63. The maximum absolute atomic E-state index is 11.7. The first-order chi connectivity index (χ1) is 5.75. The van der Waals surface area contributed by atoms with E-state index in [2.05, 4.69) is 4.74 Å². The van der Waals surface area contributed by atoms with E-state index >= 15 is 0 Å². The predicted octanol–water partition coefficient (Wildman–Crippen LogP) is 2.32. The van der Waals surface area contributed by atoms with E-state index in [-0.39, 0.29) is 0 Å². The van der Waals surface area contributed by atoms with Crippen LogP contribution in [0.2, 0.25) is 0 Å². The second kappa shape index (κ2) is 3.65. The van der Waals surface area contributed by atoms with Gasteiger partial charge in [0.25, 0.3) is 0 Å². The molecular formula is C8H13F3O2. The van der Waals surface area contributed by atoms with Gasteiger partial charge in [-0.25, -0.2) is 0 Å². The molecule has 0 saturated carbocycles. The fourth-order valence-corrected chi connectivity index (χ4v) is 0.879. The number of Topliss-reactive ketones (excluding diaryl/α,β-unsaturated/α-hetero) is 1. The molecule has 0 aliphatic carbocycles. The van der Waals surface area contributed by atoms with Crippen LogP contribution in [0.1, 0.15) is 27.7 Å². The molecule has 0 aromatic carbocycles. The van der Waals surface area contributed by atoms with E-state index in [1.165, 1.54) is 13.8 Å². The van der Waals surface area contributed by atoms with Crippen molar-refractivity contribution in [2.75, 3.05) is 0 Å². The first kappa shape index (κ1) is 12.4. The number of carbonyl (C=O) groups is 1. The molecule has 0 spiro atoms. The standard InChI is InChI=1S/C6H7F3O2.C2H6/c1-5(2)3(10)4(11-5)6(7,8)9;1-2/h4H,1-2H3;1-2H3. The largest absolute Gasteiger partial charge is 0.421 e. The van der Waals surface area contributed by atoms with Crippen LogP contribution in [-0.2, 0) is 9.53 Å². The van der Waals surface area contributed by atoms with Crippen LogP contribution in [0.15, 0.2) is 0 Å². The van der Waals surface area contributed by atoms with Crippen LogP contribution in [0.4, 0.5) is 13.2 Å². The van der Waals surface area contributed by atoms with E-state index < -0.39 is 23.7 Å². The lowest BCUT2D eigenvalue weighted by Crippen LogP contribution is -2.63. The summed E-state index contributed by atoms with van der Waals surface area (Å²) in [5, 5.41) is 0. The highest BCUT2D eigenvalue weighted by Crippen LogP contribution is 2.37. The lowest BCUT2D eigenvalue weighted by atomic mass is 9.91. The Morgan fingerprint density at radius 2 is 1.69 bits per heavy atom. The molecule has 78 valence electrons. The van der Waals surface area contributed by atoms with Crippen LogP contribution < -0.4 is 0 Å². The van der Waals surface area contributed by atoms with Crippen LogP contribution in [0.25, 0.3) is 0 Å². The van der Waals surface area contributed by atoms with E-state index in [0.717, 1.165) is 0 Å². The van der Waals surface area contributed by atoms with E-state index in [9.17, 15) is 18.0 Å². The number of ether oxygens (including phenoxy) is 1. The Hall–Kier alpha value is -0.580. The van der Waals surface area contributed by atoms with Crippen molar-refractivity contribution >= 4 is 5.78 Å². The van der Waals surface area contributed by atoms with Gasteiger partial charge in [0.15, 0.2) is 0 Å². The number of rotatable bonds is 0. The minimum Gasteiger partial charge on any atom is -0.347 e. The van der Waals surface area contributed by atoms with Gasteiger partial charge in [-0.1, -0.05) is 13.8 Å². The lowest BCUT2D eigenvalue weighted by Gasteiger charge is -2.41. The molecule has 0 bridgehead atoms. The molecule has 0 N–H and O–H groups in total. The summed E-state index contributed by atoms with van der Waals surface area (Å²) < 4.78 is 39.6. The van der Waals surface area contributed by atoms with Crippen molar-refractivity contribution in [1.29, 1.82) is 0 Å². The van der Waals surface area contributed by atoms with Gasteiger partial charge in [0.1, 0.15) is 5.60 Å². The topological polar surface area (TPSA) is 26.3 Å². The molecule has 0 radical (unpaired) electrons. The Kier molecular flexibility index (Phi) is 3.49. The molecular weight excluding hydrogens is 185 g/mol. The molecule has 1 aliphatic rings. The minimum atomic E-state index is -4.55. The third-order valence-electron chi connectivity index (χ3n) is 1.54. The van der Waals surface area contributed by atoms with Gasteiger partial charge < -0.3 is 4.74 Å². The Morgan fingerprint density at radius 1 is 1.31 bits per heavy atom. The monoisotopic (exact) mass is 198 g/mol. The van der Waals surface area contributed by atoms with Gasteiger partial charge in [-0.3, -0.25) is 4.79 Å². The van der Waals surface area contributed by atoms with Crippen molar-refractivity contribution in [3.8, 4) is 0 Å². The number of carbonyl (C=O) groups excluding carboxylic acids is 1. The summed E-state index contributed by atoms with van der Waals surface area (Å²) in [7, 11) is 0. The van der Waals surface area contributed by atoms with Crippen molar-refractivity contribution in [3.05, 3.63) is 0 Å². The van der Waals surface area contributed by atoms with E-state index in [0.29, 0.717) is 0 Å². The Labute approximate surface area is 75.1 Å². The molecule has 1 fully saturated rings. The lowest BCUT2D eigenvalue weighted by molar-refractivity contribution is -0.278. The van der Waals surface area contributed by atoms with Gasteiger partial charge in [0.2, 0.25) is 11.9 Å². The number of hydrogen-bond donors (Lipinski definition) is 0. The van der Waals surface area contributed by atoms with Crippen molar-refractivity contribution in [3.63, 3.8) is 0 Å². The summed E-state index contributed by atoms with van der Waals surface area (Å²) in [5.41, 5.74) is -1.25. The van der Waals surface area contributed by atoms with Crippen LogP contribution >= 0.6 is 0 Å². The average molecular weight is 198 g/mol. The van der Waals surface area contributed by atoms with Gasteiger partial charge in [-0.15, -0.1) is 0 Å². The summed E-state index contributed by atoms with van der Waals surface area (Å²) >= 11 is 0. The van der Waals surface area contributed by atoms with Crippen LogP contribution in [0.3, 0.4) is 0 Å². The molecule has 13 heavy (non-hydrogen) atoms. The molecule has 1 heterocycles. The van der Waals surface area contributed by atoms with Crippen molar-refractivity contribution in [2.24, 2.45) is 0 Å². The van der Waals surface area contributed by atoms with Crippen LogP contribution in [0, 0.1) is 0 Å². The summed E-state index contributed by atoms with van der Waals surface area (Å²) in [6.07, 6.45) is -6.75. The fraction of sp³-hybridized carbons (Fsp3) is 0.875. The normalized spacial score (nSPS) is 25.8. The zero-order valence-corrected chi connectivity index (χ0v) is 8.03. The number of hydrogen-bond acceptors (Lipinski definition) is 2. The van der Waals surface area contributed by atoms with Crippen LogP contribution in [-0.4, -0.2) is 23.7 Å². The molecule has 1 atom stereocenters. The molecule has 0 amide bonds. The Balaban J connectivity index is 0.000000671. The molecule has 1 saturated heterocycles. The van der Waals surface area contributed by atoms with Crippen molar-refractivity contribution in [1.82, 2.24) is 0 Å². The third kappa shape index (κ3) is 2.43. The van der Waals surface area contributed by atoms with Gasteiger partial charge in [-0.2, -0.15) is 13.2 Å². The second-order valence-corrected chi connectivity index (χ2v) is 2.91. The van der Waals surface area contributed by atoms with Gasteiger partial charge in [0, 0.05) is 0 Å². The minimum absolute atomic E-state index is 0.898. The first-order valence-electron chi connectivity index (χ1n) is 4.04. The SMILES string of the molecule is CC.CC1(C)OC(C(F)(F)F)C1=O. The van der Waals surface area contributed by atoms with Gasteiger partial charge in [-0.05, 0) is 13.8 Å². The maximum Gasteiger partial charge on any atom is 0.421 e. The maximum atomic E-state index is 11.7. The second-order valence-electron chi connectivity index (χ2n) is 2.91. The van der Waals surface area contributed by atoms with Crippen molar-refractivity contribution in [2.45, 2.75) is 45.6 Å². The number of ketones is 1. The molecule has 1 unspecified atom stereocenters. The first-order valence-corrected chi connectivity index (χ1v) is 4.04. The van der Waals surface area contributed by atoms with E-state index in [4.69, 9.17) is 0 Å². The number of halogens is 3. The molecule has 2 nitrogen and oxygen atoms in total. The summed E-state index contributed by atoms with van der Waals surface area (Å²) in [4.78, 5) is 10.7. The number of alkyl halides is 3. The average Bonchev–Trinajstić information content (AvgIpc) is 2.02. The fourth-order valence-electron chi connectivity index (χ4n) is 0.879. The van der Waals surface area contributed by atoms with Gasteiger partial charge in [0.05, 0.1) is 0 Å². The highest BCUT2D eigenvalue weighted by molar-refractivity contribution is 5.95. The van der Waals surface area contributed by atoms with Crippen molar-refractivity contribution < 1.29 is 22.7 Å². The highest BCUT2D eigenvalue weighted by Gasteiger charge is 2.60. The summed E-state index contributed by atoms with van der Waals surface area (Å²) in [6, 6.07) is 0. The molecule has 0 aromatic rings. The zero-order valence-electron chi connectivity index (χ0n) is 8.03. The van der Waals surface area contributed by atoms with E-state index in [1.54, 1.807) is 0 Å². The molecule has 0 aromatic heterocycles. The summed E-state index contributed by atoms with van der Waals surface area (Å²) in [5.74, 6) is -0.898. The smallest absolute Gasteiger partial charge is 0.347 e.